The highest BCUT2D eigenvalue weighted by molar-refractivity contribution is 5.81. The largest absolute Gasteiger partial charge is 0.493 e. The molecule has 0 bridgehead atoms. The standard InChI is InChI=1S/C18H20F2N2O4/c1-24-13-8-11(9-14(25-2)16(13)26-18(19)20)10-22-15(17(21)23)12-6-4-3-5-7-12/h3-9,15,18,22H,10H2,1-2H3,(H2,21,23)/t15-/m1/s1. The third-order valence-corrected chi connectivity index (χ3v) is 3.66. The molecular formula is C18H20F2N2O4. The van der Waals surface area contributed by atoms with Gasteiger partial charge in [0.1, 0.15) is 6.04 Å². The van der Waals surface area contributed by atoms with E-state index in [0.717, 1.165) is 5.56 Å². The van der Waals surface area contributed by atoms with Gasteiger partial charge in [-0.2, -0.15) is 8.78 Å². The molecule has 0 fully saturated rings. The normalized spacial score (nSPS) is 11.9. The van der Waals surface area contributed by atoms with Crippen LogP contribution >= 0.6 is 0 Å². The molecule has 2 aromatic rings. The Balaban J connectivity index is 2.24. The number of carbonyl (C=O) groups excluding carboxylic acids is 1. The van der Waals surface area contributed by atoms with Crippen LogP contribution in [0.4, 0.5) is 8.78 Å². The zero-order valence-electron chi connectivity index (χ0n) is 14.4. The van der Waals surface area contributed by atoms with Crippen molar-refractivity contribution in [2.24, 2.45) is 5.73 Å². The summed E-state index contributed by atoms with van der Waals surface area (Å²) in [5.74, 6) is -0.537. The zero-order chi connectivity index (χ0) is 19.1. The number of primary amides is 1. The third kappa shape index (κ3) is 4.82. The van der Waals surface area contributed by atoms with E-state index in [9.17, 15) is 13.6 Å². The van der Waals surface area contributed by atoms with Crippen molar-refractivity contribution in [1.82, 2.24) is 5.32 Å². The van der Waals surface area contributed by atoms with Gasteiger partial charge < -0.3 is 19.9 Å². The number of nitrogens with one attached hydrogen (secondary N) is 1. The molecule has 26 heavy (non-hydrogen) atoms. The number of hydrogen-bond acceptors (Lipinski definition) is 5. The van der Waals surface area contributed by atoms with E-state index in [1.165, 1.54) is 26.4 Å². The minimum absolute atomic E-state index is 0.0942. The fraction of sp³-hybridized carbons (Fsp3) is 0.278. The monoisotopic (exact) mass is 366 g/mol. The highest BCUT2D eigenvalue weighted by Gasteiger charge is 2.20. The third-order valence-electron chi connectivity index (χ3n) is 3.66. The summed E-state index contributed by atoms with van der Waals surface area (Å²) in [6, 6.07) is 11.3. The second-order valence-corrected chi connectivity index (χ2v) is 5.33. The summed E-state index contributed by atoms with van der Waals surface area (Å²) >= 11 is 0. The van der Waals surface area contributed by atoms with Crippen molar-refractivity contribution >= 4 is 5.91 Å². The van der Waals surface area contributed by atoms with Gasteiger partial charge in [-0.25, -0.2) is 0 Å². The maximum absolute atomic E-state index is 12.6. The number of ether oxygens (including phenoxy) is 3. The van der Waals surface area contributed by atoms with Crippen LogP contribution in [-0.4, -0.2) is 26.7 Å². The Hall–Kier alpha value is -2.87. The number of carbonyl (C=O) groups is 1. The Morgan fingerprint density at radius 2 is 1.69 bits per heavy atom. The van der Waals surface area contributed by atoms with Gasteiger partial charge in [-0.1, -0.05) is 30.3 Å². The van der Waals surface area contributed by atoms with E-state index in [4.69, 9.17) is 15.2 Å². The first-order valence-corrected chi connectivity index (χ1v) is 7.73. The van der Waals surface area contributed by atoms with Gasteiger partial charge in [-0.15, -0.1) is 0 Å². The summed E-state index contributed by atoms with van der Waals surface area (Å²) in [7, 11) is 2.67. The van der Waals surface area contributed by atoms with Crippen LogP contribution in [0.2, 0.25) is 0 Å². The van der Waals surface area contributed by atoms with Gasteiger partial charge in [0.25, 0.3) is 0 Å². The maximum atomic E-state index is 12.6. The van der Waals surface area contributed by atoms with E-state index >= 15 is 0 Å². The summed E-state index contributed by atoms with van der Waals surface area (Å²) < 4.78 is 39.9. The molecule has 0 spiro atoms. The van der Waals surface area contributed by atoms with E-state index in [1.807, 2.05) is 6.07 Å². The van der Waals surface area contributed by atoms with Crippen molar-refractivity contribution in [2.75, 3.05) is 14.2 Å². The van der Waals surface area contributed by atoms with Crippen LogP contribution in [0.25, 0.3) is 0 Å². The highest BCUT2D eigenvalue weighted by atomic mass is 19.3. The smallest absolute Gasteiger partial charge is 0.387 e. The molecule has 6 nitrogen and oxygen atoms in total. The molecule has 1 atom stereocenters. The molecule has 0 aliphatic rings. The molecule has 2 aromatic carbocycles. The summed E-state index contributed by atoms with van der Waals surface area (Å²) in [6.07, 6.45) is 0. The Morgan fingerprint density at radius 3 is 2.15 bits per heavy atom. The molecule has 140 valence electrons. The number of halogens is 2. The molecule has 0 radical (unpaired) electrons. The average Bonchev–Trinajstić information content (AvgIpc) is 2.62. The molecule has 0 aromatic heterocycles. The van der Waals surface area contributed by atoms with E-state index in [1.54, 1.807) is 24.3 Å². The van der Waals surface area contributed by atoms with Crippen LogP contribution in [0, 0.1) is 0 Å². The van der Waals surface area contributed by atoms with Crippen LogP contribution < -0.4 is 25.3 Å². The molecule has 2 rings (SSSR count). The van der Waals surface area contributed by atoms with E-state index < -0.39 is 18.6 Å². The van der Waals surface area contributed by atoms with E-state index in [2.05, 4.69) is 10.1 Å². The van der Waals surface area contributed by atoms with Crippen molar-refractivity contribution in [3.63, 3.8) is 0 Å². The Kier molecular flexibility index (Phi) is 6.74. The molecule has 0 saturated heterocycles. The van der Waals surface area contributed by atoms with E-state index in [0.29, 0.717) is 5.56 Å². The number of alkyl halides is 2. The summed E-state index contributed by atoms with van der Waals surface area (Å²) in [6.45, 7) is -2.79. The van der Waals surface area contributed by atoms with Crippen LogP contribution in [0.15, 0.2) is 42.5 Å². The lowest BCUT2D eigenvalue weighted by Crippen LogP contribution is -2.33. The molecule has 0 heterocycles. The minimum Gasteiger partial charge on any atom is -0.493 e. The lowest BCUT2D eigenvalue weighted by Gasteiger charge is -2.18. The number of hydrogen-bond donors (Lipinski definition) is 2. The first kappa shape index (κ1) is 19.5. The molecular weight excluding hydrogens is 346 g/mol. The molecule has 1 amide bonds. The number of rotatable bonds is 9. The van der Waals surface area contributed by atoms with Crippen molar-refractivity contribution in [2.45, 2.75) is 19.2 Å². The van der Waals surface area contributed by atoms with Crippen LogP contribution in [0.3, 0.4) is 0 Å². The molecule has 0 aliphatic carbocycles. The molecule has 3 N–H and O–H groups in total. The zero-order valence-corrected chi connectivity index (χ0v) is 14.4. The van der Waals surface area contributed by atoms with Crippen LogP contribution in [-0.2, 0) is 11.3 Å². The second-order valence-electron chi connectivity index (χ2n) is 5.33. The SMILES string of the molecule is COc1cc(CN[C@@H](C(N)=O)c2ccccc2)cc(OC)c1OC(F)F. The Bertz CT molecular complexity index is 716. The Labute approximate surface area is 149 Å². The van der Waals surface area contributed by atoms with Crippen molar-refractivity contribution in [3.8, 4) is 17.2 Å². The van der Waals surface area contributed by atoms with Gasteiger partial charge in [0, 0.05) is 6.54 Å². The molecule has 0 unspecified atom stereocenters. The minimum atomic E-state index is -3.01. The van der Waals surface area contributed by atoms with Crippen molar-refractivity contribution < 1.29 is 27.8 Å². The van der Waals surface area contributed by atoms with Gasteiger partial charge in [0.2, 0.25) is 11.7 Å². The molecule has 8 heteroatoms. The number of amides is 1. The molecule has 0 saturated carbocycles. The predicted octanol–water partition coefficient (Wildman–Crippen LogP) is 2.62. The first-order chi connectivity index (χ1) is 12.5. The Morgan fingerprint density at radius 1 is 1.12 bits per heavy atom. The number of nitrogens with two attached hydrogens (primary N) is 1. The lowest BCUT2D eigenvalue weighted by atomic mass is 10.1. The summed E-state index contributed by atoms with van der Waals surface area (Å²) in [4.78, 5) is 11.7. The van der Waals surface area contributed by atoms with Gasteiger partial charge >= 0.3 is 6.61 Å². The summed E-state index contributed by atoms with van der Waals surface area (Å²) in [5, 5.41) is 3.04. The van der Waals surface area contributed by atoms with Gasteiger partial charge in [0.15, 0.2) is 11.5 Å². The maximum Gasteiger partial charge on any atom is 0.387 e. The fourth-order valence-electron chi connectivity index (χ4n) is 2.49. The highest BCUT2D eigenvalue weighted by Crippen LogP contribution is 2.39. The predicted molar refractivity (Wildman–Crippen MR) is 91.4 cm³/mol. The van der Waals surface area contributed by atoms with E-state index in [-0.39, 0.29) is 23.8 Å². The van der Waals surface area contributed by atoms with Gasteiger partial charge in [-0.3, -0.25) is 10.1 Å². The van der Waals surface area contributed by atoms with Gasteiger partial charge in [0.05, 0.1) is 14.2 Å². The van der Waals surface area contributed by atoms with Crippen LogP contribution in [0.1, 0.15) is 17.2 Å². The second kappa shape index (κ2) is 9.00. The average molecular weight is 366 g/mol. The number of benzene rings is 2. The topological polar surface area (TPSA) is 82.8 Å². The van der Waals surface area contributed by atoms with Gasteiger partial charge in [-0.05, 0) is 23.3 Å². The number of methoxy groups -OCH3 is 2. The van der Waals surface area contributed by atoms with Crippen LogP contribution in [0.5, 0.6) is 17.2 Å². The fourth-order valence-corrected chi connectivity index (χ4v) is 2.49. The lowest BCUT2D eigenvalue weighted by molar-refractivity contribution is -0.120. The molecule has 0 aliphatic heterocycles. The van der Waals surface area contributed by atoms with Crippen molar-refractivity contribution in [1.29, 1.82) is 0 Å². The first-order valence-electron chi connectivity index (χ1n) is 7.73. The van der Waals surface area contributed by atoms with Crippen molar-refractivity contribution in [3.05, 3.63) is 53.6 Å². The quantitative estimate of drug-likeness (QED) is 0.713. The summed E-state index contributed by atoms with van der Waals surface area (Å²) in [5.41, 5.74) is 6.83.